The van der Waals surface area contributed by atoms with Gasteiger partial charge in [0.05, 0.1) is 28.7 Å². The molecule has 37 heavy (non-hydrogen) atoms. The van der Waals surface area contributed by atoms with E-state index in [1.807, 2.05) is 82.3 Å². The number of ether oxygens (including phenoxy) is 3. The van der Waals surface area contributed by atoms with Crippen LogP contribution in [0.15, 0.2) is 60.7 Å². The van der Waals surface area contributed by atoms with E-state index in [1.54, 1.807) is 0 Å². The molecule has 0 atom stereocenters. The predicted molar refractivity (Wildman–Crippen MR) is 144 cm³/mol. The molecule has 0 saturated heterocycles. The highest BCUT2D eigenvalue weighted by atomic mass is 16.5. The van der Waals surface area contributed by atoms with Gasteiger partial charge in [0.1, 0.15) is 30.5 Å². The minimum absolute atomic E-state index is 0.00503. The van der Waals surface area contributed by atoms with Crippen LogP contribution in [0.1, 0.15) is 43.3 Å². The lowest BCUT2D eigenvalue weighted by molar-refractivity contribution is -0.119. The molecule has 1 aliphatic rings. The monoisotopic (exact) mass is 499 g/mol. The fourth-order valence-electron chi connectivity index (χ4n) is 4.75. The van der Waals surface area contributed by atoms with Crippen LogP contribution in [-0.2, 0) is 34.7 Å². The number of fused-ring (bicyclic) bond motifs is 2. The quantitative estimate of drug-likeness (QED) is 0.281. The largest absolute Gasteiger partial charge is 0.489 e. The van der Waals surface area contributed by atoms with E-state index in [2.05, 4.69) is 16.0 Å². The topological polar surface area (TPSA) is 74.6 Å². The molecular weight excluding hydrogens is 466 g/mol. The summed E-state index contributed by atoms with van der Waals surface area (Å²) in [6.07, 6.45) is 0. The molecule has 1 amide bonds. The van der Waals surface area contributed by atoms with Gasteiger partial charge in [0.2, 0.25) is 5.91 Å². The van der Waals surface area contributed by atoms with E-state index in [-0.39, 0.29) is 5.91 Å². The van der Waals surface area contributed by atoms with E-state index < -0.39 is 5.41 Å². The van der Waals surface area contributed by atoms with Gasteiger partial charge in [0, 0.05) is 18.7 Å². The van der Waals surface area contributed by atoms with Crippen molar-refractivity contribution in [2.24, 2.45) is 0 Å². The standard InChI is InChI=1S/C30H33N3O4/c1-5-35-17-16-33-24-9-7-6-8-23(24)31-26(33)19-36-22-13-11-21(12-14-22)18-37-25-15-10-20(2)28-27(25)30(3,4)29(34)32-28/h6-15H,5,16-19H2,1-4H3,(H,32,34). The molecule has 0 radical (unpaired) electrons. The van der Waals surface area contributed by atoms with E-state index in [1.165, 1.54) is 0 Å². The molecule has 1 N–H and O–H groups in total. The Morgan fingerprint density at radius 1 is 0.973 bits per heavy atom. The second-order valence-electron chi connectivity index (χ2n) is 9.80. The van der Waals surface area contributed by atoms with Gasteiger partial charge in [-0.2, -0.15) is 0 Å². The molecule has 0 unspecified atom stereocenters. The zero-order valence-electron chi connectivity index (χ0n) is 21.8. The van der Waals surface area contributed by atoms with Crippen molar-refractivity contribution >= 4 is 22.6 Å². The number of hydrogen-bond acceptors (Lipinski definition) is 5. The third-order valence-electron chi connectivity index (χ3n) is 6.89. The summed E-state index contributed by atoms with van der Waals surface area (Å²) in [7, 11) is 0. The van der Waals surface area contributed by atoms with Crippen LogP contribution >= 0.6 is 0 Å². The molecule has 7 heteroatoms. The number of imidazole rings is 1. The summed E-state index contributed by atoms with van der Waals surface area (Å²) in [6.45, 7) is 10.7. The predicted octanol–water partition coefficient (Wildman–Crippen LogP) is 5.77. The normalized spacial score (nSPS) is 14.0. The fourth-order valence-corrected chi connectivity index (χ4v) is 4.75. The van der Waals surface area contributed by atoms with Crippen molar-refractivity contribution in [3.8, 4) is 11.5 Å². The summed E-state index contributed by atoms with van der Waals surface area (Å²) in [6, 6.07) is 19.9. The molecule has 5 rings (SSSR count). The molecule has 0 saturated carbocycles. The molecule has 4 aromatic rings. The Hall–Kier alpha value is -3.84. The molecule has 0 aliphatic carbocycles. The van der Waals surface area contributed by atoms with Gasteiger partial charge in [-0.1, -0.05) is 30.3 Å². The van der Waals surface area contributed by atoms with Gasteiger partial charge in [0.25, 0.3) is 0 Å². The Balaban J connectivity index is 1.25. The highest BCUT2D eigenvalue weighted by Gasteiger charge is 2.41. The summed E-state index contributed by atoms with van der Waals surface area (Å²) in [5, 5.41) is 3.01. The SMILES string of the molecule is CCOCCn1c(COc2ccc(COc3ccc(C)c4c3C(C)(C)C(=O)N4)cc2)nc2ccccc21. The van der Waals surface area contributed by atoms with Crippen LogP contribution in [0.25, 0.3) is 11.0 Å². The van der Waals surface area contributed by atoms with Crippen molar-refractivity contribution in [1.82, 2.24) is 9.55 Å². The summed E-state index contributed by atoms with van der Waals surface area (Å²) in [5.41, 5.74) is 5.24. The first-order chi connectivity index (χ1) is 17.9. The van der Waals surface area contributed by atoms with Crippen molar-refractivity contribution in [2.45, 2.75) is 52.9 Å². The lowest BCUT2D eigenvalue weighted by atomic mass is 9.85. The van der Waals surface area contributed by atoms with E-state index in [0.717, 1.165) is 57.3 Å². The van der Waals surface area contributed by atoms with Gasteiger partial charge in [-0.05, 0) is 69.2 Å². The van der Waals surface area contributed by atoms with Gasteiger partial charge in [-0.15, -0.1) is 0 Å². The van der Waals surface area contributed by atoms with Gasteiger partial charge in [-0.3, -0.25) is 4.79 Å². The number of carbonyl (C=O) groups excluding carboxylic acids is 1. The second-order valence-corrected chi connectivity index (χ2v) is 9.80. The molecule has 0 spiro atoms. The minimum atomic E-state index is -0.631. The minimum Gasteiger partial charge on any atom is -0.489 e. The number of amides is 1. The van der Waals surface area contributed by atoms with Crippen LogP contribution in [0.3, 0.4) is 0 Å². The number of hydrogen-bond donors (Lipinski definition) is 1. The number of anilines is 1. The molecule has 192 valence electrons. The molecular formula is C30H33N3O4. The molecule has 1 aromatic heterocycles. The number of benzene rings is 3. The van der Waals surface area contributed by atoms with Crippen molar-refractivity contribution in [2.75, 3.05) is 18.5 Å². The Labute approximate surface area is 217 Å². The molecule has 1 aliphatic heterocycles. The van der Waals surface area contributed by atoms with Crippen LogP contribution in [0.2, 0.25) is 0 Å². The van der Waals surface area contributed by atoms with Crippen LogP contribution < -0.4 is 14.8 Å². The average molecular weight is 500 g/mol. The summed E-state index contributed by atoms with van der Waals surface area (Å²) < 4.78 is 20.0. The summed E-state index contributed by atoms with van der Waals surface area (Å²) in [4.78, 5) is 17.2. The maximum Gasteiger partial charge on any atom is 0.234 e. The number of aromatic nitrogens is 2. The first kappa shape index (κ1) is 24.8. The maximum absolute atomic E-state index is 12.5. The number of aryl methyl sites for hydroxylation is 1. The van der Waals surface area contributed by atoms with Crippen LogP contribution in [0.5, 0.6) is 11.5 Å². The van der Waals surface area contributed by atoms with Crippen LogP contribution in [-0.4, -0.2) is 28.7 Å². The van der Waals surface area contributed by atoms with Gasteiger partial charge < -0.3 is 24.1 Å². The fraction of sp³-hybridized carbons (Fsp3) is 0.333. The third-order valence-corrected chi connectivity index (χ3v) is 6.89. The van der Waals surface area contributed by atoms with E-state index in [0.29, 0.717) is 26.4 Å². The molecule has 0 fully saturated rings. The molecule has 0 bridgehead atoms. The van der Waals surface area contributed by atoms with E-state index >= 15 is 0 Å². The highest BCUT2D eigenvalue weighted by molar-refractivity contribution is 6.07. The Bertz CT molecular complexity index is 1420. The lowest BCUT2D eigenvalue weighted by Gasteiger charge is -2.20. The number of para-hydroxylation sites is 2. The molecule has 2 heterocycles. The van der Waals surface area contributed by atoms with E-state index in [9.17, 15) is 4.79 Å². The number of nitrogens with one attached hydrogen (secondary N) is 1. The zero-order chi connectivity index (χ0) is 26.0. The smallest absolute Gasteiger partial charge is 0.234 e. The Morgan fingerprint density at radius 2 is 1.76 bits per heavy atom. The first-order valence-electron chi connectivity index (χ1n) is 12.7. The summed E-state index contributed by atoms with van der Waals surface area (Å²) >= 11 is 0. The van der Waals surface area contributed by atoms with Crippen molar-refractivity contribution in [1.29, 1.82) is 0 Å². The second kappa shape index (κ2) is 10.3. The number of rotatable bonds is 10. The number of nitrogens with zero attached hydrogens (tertiary/aromatic N) is 2. The van der Waals surface area contributed by atoms with E-state index in [4.69, 9.17) is 19.2 Å². The van der Waals surface area contributed by atoms with Crippen molar-refractivity contribution in [3.05, 3.63) is 83.2 Å². The van der Waals surface area contributed by atoms with Crippen LogP contribution in [0, 0.1) is 6.92 Å². The average Bonchev–Trinajstić information content (AvgIpc) is 3.37. The lowest BCUT2D eigenvalue weighted by Crippen LogP contribution is -2.27. The highest BCUT2D eigenvalue weighted by Crippen LogP contribution is 2.45. The number of carbonyl (C=O) groups is 1. The van der Waals surface area contributed by atoms with Gasteiger partial charge in [-0.25, -0.2) is 4.98 Å². The van der Waals surface area contributed by atoms with Gasteiger partial charge in [0.15, 0.2) is 0 Å². The van der Waals surface area contributed by atoms with Crippen molar-refractivity contribution in [3.63, 3.8) is 0 Å². The van der Waals surface area contributed by atoms with Gasteiger partial charge >= 0.3 is 0 Å². The Morgan fingerprint density at radius 3 is 2.54 bits per heavy atom. The van der Waals surface area contributed by atoms with Crippen LogP contribution in [0.4, 0.5) is 5.69 Å². The zero-order valence-corrected chi connectivity index (χ0v) is 21.8. The Kier molecular flexibility index (Phi) is 6.89. The third kappa shape index (κ3) is 4.91. The maximum atomic E-state index is 12.5. The molecule has 7 nitrogen and oxygen atoms in total. The summed E-state index contributed by atoms with van der Waals surface area (Å²) in [5.74, 6) is 2.36. The molecule has 3 aromatic carbocycles. The first-order valence-corrected chi connectivity index (χ1v) is 12.7. The van der Waals surface area contributed by atoms with Crippen molar-refractivity contribution < 1.29 is 19.0 Å².